The molecule has 1 fully saturated rings. The predicted molar refractivity (Wildman–Crippen MR) is 134 cm³/mol. The molecule has 4 heterocycles. The molecular formula is C26H28FN7O3. The molecule has 0 amide bonds. The molecular weight excluding hydrogens is 477 g/mol. The first kappa shape index (κ1) is 24.6. The van der Waals surface area contributed by atoms with Gasteiger partial charge in [0, 0.05) is 6.07 Å². The van der Waals surface area contributed by atoms with Crippen LogP contribution >= 0.6 is 0 Å². The van der Waals surface area contributed by atoms with Gasteiger partial charge in [-0.25, -0.2) is 14.4 Å². The van der Waals surface area contributed by atoms with Crippen LogP contribution in [-0.4, -0.2) is 56.6 Å². The number of aryl methyl sites for hydroxylation is 1. The summed E-state index contributed by atoms with van der Waals surface area (Å²) >= 11 is 0. The molecule has 0 spiro atoms. The summed E-state index contributed by atoms with van der Waals surface area (Å²) in [5.41, 5.74) is 4.03. The minimum absolute atomic E-state index is 0.00767. The number of benzene rings is 1. The van der Waals surface area contributed by atoms with Gasteiger partial charge in [0.15, 0.2) is 17.5 Å². The van der Waals surface area contributed by atoms with Crippen molar-refractivity contribution in [1.82, 2.24) is 30.2 Å². The number of carbonyl (C=O) groups is 1. The molecule has 3 aromatic heterocycles. The Morgan fingerprint density at radius 1 is 1.27 bits per heavy atom. The molecule has 0 saturated carbocycles. The van der Waals surface area contributed by atoms with Crippen LogP contribution in [0.25, 0.3) is 22.9 Å². The number of hydrogen-bond donors (Lipinski definition) is 2. The Hall–Kier alpha value is -4.12. The van der Waals surface area contributed by atoms with Crippen molar-refractivity contribution < 1.29 is 18.4 Å². The largest absolute Gasteiger partial charge is 0.463 e. The van der Waals surface area contributed by atoms with Gasteiger partial charge in [0.05, 0.1) is 25.0 Å². The highest BCUT2D eigenvalue weighted by molar-refractivity contribution is 5.75. The third kappa shape index (κ3) is 5.83. The van der Waals surface area contributed by atoms with Gasteiger partial charge in [-0.3, -0.25) is 9.48 Å². The van der Waals surface area contributed by atoms with Crippen molar-refractivity contribution in [2.45, 2.75) is 38.8 Å². The lowest BCUT2D eigenvalue weighted by Gasteiger charge is -2.21. The molecule has 1 saturated heterocycles. The van der Waals surface area contributed by atoms with Crippen molar-refractivity contribution in [2.75, 3.05) is 25.0 Å². The van der Waals surface area contributed by atoms with E-state index in [1.807, 2.05) is 31.2 Å². The molecule has 1 aliphatic heterocycles. The summed E-state index contributed by atoms with van der Waals surface area (Å²) < 4.78 is 26.6. The summed E-state index contributed by atoms with van der Waals surface area (Å²) in [5, 5.41) is 14.8. The van der Waals surface area contributed by atoms with E-state index in [2.05, 4.69) is 25.8 Å². The number of nitrogens with zero attached hydrogens (tertiary/aromatic N) is 5. The van der Waals surface area contributed by atoms with E-state index in [4.69, 9.17) is 14.4 Å². The van der Waals surface area contributed by atoms with E-state index in [-0.39, 0.29) is 36.8 Å². The van der Waals surface area contributed by atoms with Crippen LogP contribution in [0.5, 0.6) is 0 Å². The minimum atomic E-state index is -0.611. The second kappa shape index (κ2) is 11.3. The SMILES string of the molecule is Cc1ccccc1Cn1nc(-c2ncc(F)c(NCCOC(=O)C3CCCCN3)n2)cc1-c1ccon1. The summed E-state index contributed by atoms with van der Waals surface area (Å²) in [4.78, 5) is 20.7. The molecule has 5 rings (SSSR count). The molecule has 37 heavy (non-hydrogen) atoms. The zero-order chi connectivity index (χ0) is 25.6. The predicted octanol–water partition coefficient (Wildman–Crippen LogP) is 3.59. The first-order valence-electron chi connectivity index (χ1n) is 12.3. The molecule has 2 N–H and O–H groups in total. The highest BCUT2D eigenvalue weighted by Crippen LogP contribution is 2.26. The first-order valence-corrected chi connectivity index (χ1v) is 12.3. The van der Waals surface area contributed by atoms with Gasteiger partial charge in [0.25, 0.3) is 0 Å². The van der Waals surface area contributed by atoms with Gasteiger partial charge < -0.3 is 19.9 Å². The van der Waals surface area contributed by atoms with Crippen LogP contribution in [0.15, 0.2) is 53.4 Å². The second-order valence-electron chi connectivity index (χ2n) is 8.87. The van der Waals surface area contributed by atoms with E-state index in [0.717, 1.165) is 48.8 Å². The van der Waals surface area contributed by atoms with E-state index >= 15 is 0 Å². The molecule has 1 unspecified atom stereocenters. The lowest BCUT2D eigenvalue weighted by Crippen LogP contribution is -2.41. The van der Waals surface area contributed by atoms with Crippen molar-refractivity contribution in [3.8, 4) is 22.9 Å². The lowest BCUT2D eigenvalue weighted by atomic mass is 10.1. The highest BCUT2D eigenvalue weighted by atomic mass is 19.1. The van der Waals surface area contributed by atoms with Gasteiger partial charge in [-0.05, 0) is 43.5 Å². The summed E-state index contributed by atoms with van der Waals surface area (Å²) in [7, 11) is 0. The Labute approximate surface area is 213 Å². The standard InChI is InChI=1S/C26H28FN7O3/c1-17-6-2-3-7-18(17)16-34-23(20-9-12-37-33-20)14-22(32-34)25-30-15-19(27)24(31-25)29-11-13-36-26(35)21-8-4-5-10-28-21/h2-3,6-7,9,12,14-15,21,28H,4-5,8,10-11,13,16H2,1H3,(H,29,30,31). The fourth-order valence-electron chi connectivity index (χ4n) is 4.24. The van der Waals surface area contributed by atoms with Crippen LogP contribution < -0.4 is 10.6 Å². The van der Waals surface area contributed by atoms with Gasteiger partial charge in [0.2, 0.25) is 0 Å². The van der Waals surface area contributed by atoms with Crippen LogP contribution in [0, 0.1) is 12.7 Å². The average molecular weight is 506 g/mol. The zero-order valence-corrected chi connectivity index (χ0v) is 20.5. The molecule has 10 nitrogen and oxygen atoms in total. The van der Waals surface area contributed by atoms with Gasteiger partial charge in [-0.15, -0.1) is 0 Å². The smallest absolute Gasteiger partial charge is 0.323 e. The molecule has 1 aromatic carbocycles. The van der Waals surface area contributed by atoms with Crippen LogP contribution in [0.2, 0.25) is 0 Å². The van der Waals surface area contributed by atoms with Gasteiger partial charge in [0.1, 0.15) is 30.3 Å². The fraction of sp³-hybridized carbons (Fsp3) is 0.346. The lowest BCUT2D eigenvalue weighted by molar-refractivity contribution is -0.146. The molecule has 4 aromatic rings. The number of halogens is 1. The summed E-state index contributed by atoms with van der Waals surface area (Å²) in [5.74, 6) is -0.640. The Balaban J connectivity index is 1.31. The highest BCUT2D eigenvalue weighted by Gasteiger charge is 2.22. The number of hydrogen-bond acceptors (Lipinski definition) is 9. The van der Waals surface area contributed by atoms with Crippen molar-refractivity contribution in [3.63, 3.8) is 0 Å². The monoisotopic (exact) mass is 505 g/mol. The number of rotatable bonds is 9. The van der Waals surface area contributed by atoms with E-state index in [1.54, 1.807) is 16.8 Å². The average Bonchev–Trinajstić information content (AvgIpc) is 3.60. The maximum atomic E-state index is 14.4. The molecule has 0 radical (unpaired) electrons. The van der Waals surface area contributed by atoms with Gasteiger partial charge in [-0.1, -0.05) is 35.8 Å². The molecule has 192 valence electrons. The number of ether oxygens (including phenoxy) is 1. The van der Waals surface area contributed by atoms with Crippen molar-refractivity contribution in [1.29, 1.82) is 0 Å². The molecule has 1 aliphatic rings. The molecule has 0 aliphatic carbocycles. The Kier molecular flexibility index (Phi) is 7.50. The van der Waals surface area contributed by atoms with Crippen LogP contribution in [0.4, 0.5) is 10.2 Å². The minimum Gasteiger partial charge on any atom is -0.463 e. The number of aromatic nitrogens is 5. The van der Waals surface area contributed by atoms with Crippen LogP contribution in [0.1, 0.15) is 30.4 Å². The molecule has 1 atom stereocenters. The van der Waals surface area contributed by atoms with E-state index in [9.17, 15) is 9.18 Å². The van der Waals surface area contributed by atoms with Gasteiger partial charge >= 0.3 is 5.97 Å². The zero-order valence-electron chi connectivity index (χ0n) is 20.5. The van der Waals surface area contributed by atoms with Crippen molar-refractivity contribution in [2.24, 2.45) is 0 Å². The van der Waals surface area contributed by atoms with E-state index < -0.39 is 5.82 Å². The van der Waals surface area contributed by atoms with Crippen molar-refractivity contribution in [3.05, 3.63) is 65.8 Å². The molecule has 0 bridgehead atoms. The normalized spacial score (nSPS) is 15.5. The van der Waals surface area contributed by atoms with Crippen LogP contribution in [-0.2, 0) is 16.1 Å². The third-order valence-corrected chi connectivity index (χ3v) is 6.27. The number of anilines is 1. The number of carbonyl (C=O) groups excluding carboxylic acids is 1. The Morgan fingerprint density at radius 3 is 2.95 bits per heavy atom. The third-order valence-electron chi connectivity index (χ3n) is 6.27. The van der Waals surface area contributed by atoms with Crippen LogP contribution in [0.3, 0.4) is 0 Å². The van der Waals surface area contributed by atoms with E-state index in [1.165, 1.54) is 6.26 Å². The second-order valence-corrected chi connectivity index (χ2v) is 8.87. The maximum absolute atomic E-state index is 14.4. The number of esters is 1. The van der Waals surface area contributed by atoms with Crippen molar-refractivity contribution >= 4 is 11.8 Å². The quantitative estimate of drug-likeness (QED) is 0.260. The number of nitrogens with one attached hydrogen (secondary N) is 2. The maximum Gasteiger partial charge on any atom is 0.323 e. The Bertz CT molecular complexity index is 1350. The fourth-order valence-corrected chi connectivity index (χ4v) is 4.24. The Morgan fingerprint density at radius 2 is 2.16 bits per heavy atom. The van der Waals surface area contributed by atoms with E-state index in [0.29, 0.717) is 17.9 Å². The molecule has 11 heteroatoms. The summed E-state index contributed by atoms with van der Waals surface area (Å²) in [6.45, 7) is 3.66. The number of piperidine rings is 1. The first-order chi connectivity index (χ1) is 18.1. The van der Waals surface area contributed by atoms with Gasteiger partial charge in [-0.2, -0.15) is 5.10 Å². The summed E-state index contributed by atoms with van der Waals surface area (Å²) in [6.07, 6.45) is 5.42. The topological polar surface area (TPSA) is 120 Å². The summed E-state index contributed by atoms with van der Waals surface area (Å²) in [6, 6.07) is 11.3.